The molecule has 2 N–H and O–H groups in total. The molecule has 0 unspecified atom stereocenters. The maximum Gasteiger partial charge on any atom is 0.310 e. The lowest BCUT2D eigenvalue weighted by molar-refractivity contribution is -0.149. The molecule has 0 fully saturated rings. The van der Waals surface area contributed by atoms with Crippen molar-refractivity contribution in [2.24, 2.45) is 5.41 Å². The Hall–Kier alpha value is -0.940. The van der Waals surface area contributed by atoms with E-state index in [-0.39, 0.29) is 0 Å². The van der Waals surface area contributed by atoms with Crippen LogP contribution < -0.4 is 5.32 Å². The van der Waals surface area contributed by atoms with Crippen LogP contribution in [0.4, 0.5) is 0 Å². The van der Waals surface area contributed by atoms with Gasteiger partial charge in [-0.25, -0.2) is 4.98 Å². The number of thiazole rings is 1. The Morgan fingerprint density at radius 1 is 1.53 bits per heavy atom. The summed E-state index contributed by atoms with van der Waals surface area (Å²) < 4.78 is 0. The maximum absolute atomic E-state index is 11.3. The SMILES string of the molecule is CCC(CC)(CNCc1ncc(C)s1)C(=O)O. The number of nitrogens with one attached hydrogen (secondary N) is 1. The average molecular weight is 256 g/mol. The number of rotatable bonds is 7. The largest absolute Gasteiger partial charge is 0.481 e. The fourth-order valence-corrected chi connectivity index (χ4v) is 2.53. The van der Waals surface area contributed by atoms with Gasteiger partial charge in [0, 0.05) is 24.2 Å². The van der Waals surface area contributed by atoms with Crippen molar-refractivity contribution in [3.05, 3.63) is 16.1 Å². The van der Waals surface area contributed by atoms with Crippen LogP contribution in [0.3, 0.4) is 0 Å². The first-order valence-electron chi connectivity index (χ1n) is 5.89. The van der Waals surface area contributed by atoms with Gasteiger partial charge >= 0.3 is 5.97 Å². The highest BCUT2D eigenvalue weighted by Crippen LogP contribution is 2.25. The monoisotopic (exact) mass is 256 g/mol. The Kier molecular flexibility index (Phi) is 5.08. The molecule has 0 spiro atoms. The number of carboxylic acid groups (broad SMARTS) is 1. The predicted molar refractivity (Wildman–Crippen MR) is 69.2 cm³/mol. The normalized spacial score (nSPS) is 11.7. The van der Waals surface area contributed by atoms with E-state index < -0.39 is 11.4 Å². The molecule has 4 nitrogen and oxygen atoms in total. The molecule has 1 rings (SSSR count). The van der Waals surface area contributed by atoms with Crippen molar-refractivity contribution in [3.63, 3.8) is 0 Å². The molecular formula is C12H20N2O2S. The maximum atomic E-state index is 11.3. The zero-order valence-electron chi connectivity index (χ0n) is 10.6. The summed E-state index contributed by atoms with van der Waals surface area (Å²) in [5.74, 6) is -0.717. The summed E-state index contributed by atoms with van der Waals surface area (Å²) in [6.07, 6.45) is 3.12. The van der Waals surface area contributed by atoms with Gasteiger partial charge in [-0.15, -0.1) is 11.3 Å². The van der Waals surface area contributed by atoms with Crippen LogP contribution in [0, 0.1) is 12.3 Å². The van der Waals surface area contributed by atoms with E-state index in [0.29, 0.717) is 25.9 Å². The van der Waals surface area contributed by atoms with Crippen LogP contribution in [0.25, 0.3) is 0 Å². The summed E-state index contributed by atoms with van der Waals surface area (Å²) in [7, 11) is 0. The second-order valence-corrected chi connectivity index (χ2v) is 5.58. The fourth-order valence-electron chi connectivity index (χ4n) is 1.77. The molecule has 96 valence electrons. The van der Waals surface area contributed by atoms with E-state index in [1.807, 2.05) is 27.0 Å². The van der Waals surface area contributed by atoms with Gasteiger partial charge in [-0.05, 0) is 19.8 Å². The number of hydrogen-bond donors (Lipinski definition) is 2. The highest BCUT2D eigenvalue weighted by atomic mass is 32.1. The number of carbonyl (C=O) groups is 1. The first-order valence-corrected chi connectivity index (χ1v) is 6.71. The number of aliphatic carboxylic acids is 1. The Labute approximate surface area is 106 Å². The third kappa shape index (κ3) is 3.51. The summed E-state index contributed by atoms with van der Waals surface area (Å²) in [6, 6.07) is 0. The lowest BCUT2D eigenvalue weighted by atomic mass is 9.82. The van der Waals surface area contributed by atoms with E-state index in [0.717, 1.165) is 5.01 Å². The minimum Gasteiger partial charge on any atom is -0.481 e. The van der Waals surface area contributed by atoms with Gasteiger partial charge in [0.2, 0.25) is 0 Å². The van der Waals surface area contributed by atoms with Gasteiger partial charge in [0.1, 0.15) is 5.01 Å². The van der Waals surface area contributed by atoms with Gasteiger partial charge in [-0.1, -0.05) is 13.8 Å². The molecular weight excluding hydrogens is 236 g/mol. The standard InChI is InChI=1S/C12H20N2O2S/c1-4-12(5-2,11(15)16)8-13-7-10-14-6-9(3)17-10/h6,13H,4-5,7-8H2,1-3H3,(H,15,16). The van der Waals surface area contributed by atoms with E-state index in [1.165, 1.54) is 4.88 Å². The molecule has 0 aromatic carbocycles. The highest BCUT2D eigenvalue weighted by molar-refractivity contribution is 7.11. The molecule has 0 saturated carbocycles. The number of aromatic nitrogens is 1. The van der Waals surface area contributed by atoms with Gasteiger partial charge < -0.3 is 10.4 Å². The summed E-state index contributed by atoms with van der Waals surface area (Å²) in [4.78, 5) is 16.7. The third-order valence-corrected chi connectivity index (χ3v) is 4.13. The molecule has 0 aliphatic heterocycles. The summed E-state index contributed by atoms with van der Waals surface area (Å²) in [5.41, 5.74) is -0.647. The molecule has 1 aromatic heterocycles. The van der Waals surface area contributed by atoms with Crippen molar-refractivity contribution >= 4 is 17.3 Å². The molecule has 5 heteroatoms. The summed E-state index contributed by atoms with van der Waals surface area (Å²) in [6.45, 7) is 7.00. The van der Waals surface area contributed by atoms with E-state index in [4.69, 9.17) is 0 Å². The quantitative estimate of drug-likeness (QED) is 0.786. The van der Waals surface area contributed by atoms with Gasteiger partial charge in [0.15, 0.2) is 0 Å². The van der Waals surface area contributed by atoms with Crippen molar-refractivity contribution in [2.45, 2.75) is 40.2 Å². The molecule has 17 heavy (non-hydrogen) atoms. The zero-order chi connectivity index (χ0) is 12.9. The fraction of sp³-hybridized carbons (Fsp3) is 0.667. The van der Waals surface area contributed by atoms with Crippen molar-refractivity contribution in [2.75, 3.05) is 6.54 Å². The Balaban J connectivity index is 2.50. The van der Waals surface area contributed by atoms with Gasteiger partial charge in [-0.2, -0.15) is 0 Å². The van der Waals surface area contributed by atoms with E-state index >= 15 is 0 Å². The predicted octanol–water partition coefficient (Wildman–Crippen LogP) is 2.43. The van der Waals surface area contributed by atoms with E-state index in [1.54, 1.807) is 11.3 Å². The lowest BCUT2D eigenvalue weighted by Gasteiger charge is -2.26. The molecule has 0 aliphatic rings. The molecule has 0 amide bonds. The van der Waals surface area contributed by atoms with Gasteiger partial charge in [0.05, 0.1) is 5.41 Å². The average Bonchev–Trinajstić information content (AvgIpc) is 2.70. The van der Waals surface area contributed by atoms with Crippen molar-refractivity contribution < 1.29 is 9.90 Å². The Morgan fingerprint density at radius 2 is 2.18 bits per heavy atom. The van der Waals surface area contributed by atoms with Crippen LogP contribution in [-0.4, -0.2) is 22.6 Å². The number of carboxylic acids is 1. The third-order valence-electron chi connectivity index (χ3n) is 3.22. The summed E-state index contributed by atoms with van der Waals surface area (Å²) >= 11 is 1.64. The van der Waals surface area contributed by atoms with Crippen LogP contribution in [0.5, 0.6) is 0 Å². The van der Waals surface area contributed by atoms with Crippen LogP contribution in [-0.2, 0) is 11.3 Å². The minimum atomic E-state index is -0.717. The number of aryl methyl sites for hydroxylation is 1. The molecule has 0 bridgehead atoms. The van der Waals surface area contributed by atoms with Crippen molar-refractivity contribution in [3.8, 4) is 0 Å². The van der Waals surface area contributed by atoms with E-state index in [2.05, 4.69) is 10.3 Å². The Bertz CT molecular complexity index is 372. The van der Waals surface area contributed by atoms with Gasteiger partial charge in [-0.3, -0.25) is 4.79 Å². The minimum absolute atomic E-state index is 0.494. The van der Waals surface area contributed by atoms with Gasteiger partial charge in [0.25, 0.3) is 0 Å². The van der Waals surface area contributed by atoms with Crippen molar-refractivity contribution in [1.82, 2.24) is 10.3 Å². The first kappa shape index (κ1) is 14.1. The molecule has 0 atom stereocenters. The molecule has 0 radical (unpaired) electrons. The second kappa shape index (κ2) is 6.12. The van der Waals surface area contributed by atoms with Crippen LogP contribution in [0.15, 0.2) is 6.20 Å². The smallest absolute Gasteiger partial charge is 0.310 e. The molecule has 1 aromatic rings. The highest BCUT2D eigenvalue weighted by Gasteiger charge is 2.34. The van der Waals surface area contributed by atoms with Crippen LogP contribution >= 0.6 is 11.3 Å². The van der Waals surface area contributed by atoms with Crippen molar-refractivity contribution in [1.29, 1.82) is 0 Å². The first-order chi connectivity index (χ1) is 8.04. The number of nitrogens with zero attached hydrogens (tertiary/aromatic N) is 1. The molecule has 0 saturated heterocycles. The summed E-state index contributed by atoms with van der Waals surface area (Å²) in [5, 5.41) is 13.5. The van der Waals surface area contributed by atoms with Crippen LogP contribution in [0.1, 0.15) is 36.6 Å². The molecule has 0 aliphatic carbocycles. The topological polar surface area (TPSA) is 62.2 Å². The molecule has 1 heterocycles. The second-order valence-electron chi connectivity index (χ2n) is 4.26. The lowest BCUT2D eigenvalue weighted by Crippen LogP contribution is -2.39. The Morgan fingerprint density at radius 3 is 2.59 bits per heavy atom. The van der Waals surface area contributed by atoms with E-state index in [9.17, 15) is 9.90 Å². The van der Waals surface area contributed by atoms with Crippen LogP contribution in [0.2, 0.25) is 0 Å². The zero-order valence-corrected chi connectivity index (χ0v) is 11.4. The number of hydrogen-bond acceptors (Lipinski definition) is 4.